The lowest BCUT2D eigenvalue weighted by molar-refractivity contribution is -0.137. The molecule has 0 saturated carbocycles. The summed E-state index contributed by atoms with van der Waals surface area (Å²) in [6, 6.07) is 17.5. The molecule has 1 aromatic heterocycles. The summed E-state index contributed by atoms with van der Waals surface area (Å²) >= 11 is 0. The van der Waals surface area contributed by atoms with Gasteiger partial charge in [-0.25, -0.2) is 4.98 Å². The topological polar surface area (TPSA) is 44.6 Å². The number of nitrogens with zero attached hydrogens (tertiary/aromatic N) is 5. The highest BCUT2D eigenvalue weighted by atomic mass is 16.2. The van der Waals surface area contributed by atoms with Gasteiger partial charge in [0.15, 0.2) is 0 Å². The molecule has 192 valence electrons. The summed E-state index contributed by atoms with van der Waals surface area (Å²) in [5.74, 6) is 2.04. The zero-order chi connectivity index (χ0) is 25.2. The number of fused-ring (bicyclic) bond motifs is 1. The third-order valence-corrected chi connectivity index (χ3v) is 7.90. The summed E-state index contributed by atoms with van der Waals surface area (Å²) in [7, 11) is 0. The SMILES string of the molecule is CC(C)c1ccccc1N1CCN(C(=O)[C@H]2CCCN(Cc3nc4ccccc4n3C(C)C)C2)CC1. The molecule has 2 saturated heterocycles. The van der Waals surface area contributed by atoms with Crippen LogP contribution in [0.2, 0.25) is 0 Å². The Balaban J connectivity index is 1.22. The number of rotatable bonds is 6. The molecule has 2 aromatic carbocycles. The van der Waals surface area contributed by atoms with E-state index in [-0.39, 0.29) is 5.92 Å². The summed E-state index contributed by atoms with van der Waals surface area (Å²) in [5, 5.41) is 0. The fourth-order valence-corrected chi connectivity index (χ4v) is 6.07. The van der Waals surface area contributed by atoms with E-state index in [4.69, 9.17) is 4.98 Å². The molecule has 1 atom stereocenters. The number of anilines is 1. The van der Waals surface area contributed by atoms with Crippen LogP contribution in [0.4, 0.5) is 5.69 Å². The smallest absolute Gasteiger partial charge is 0.227 e. The largest absolute Gasteiger partial charge is 0.368 e. The Kier molecular flexibility index (Phi) is 7.33. The van der Waals surface area contributed by atoms with E-state index < -0.39 is 0 Å². The normalized spacial score (nSPS) is 19.6. The van der Waals surface area contributed by atoms with Crippen LogP contribution in [-0.2, 0) is 11.3 Å². The van der Waals surface area contributed by atoms with Gasteiger partial charge in [0.2, 0.25) is 5.91 Å². The predicted molar refractivity (Wildman–Crippen MR) is 147 cm³/mol. The molecule has 0 spiro atoms. The molecule has 36 heavy (non-hydrogen) atoms. The zero-order valence-electron chi connectivity index (χ0n) is 22.4. The Morgan fingerprint density at radius 3 is 2.42 bits per heavy atom. The molecule has 0 unspecified atom stereocenters. The molecule has 0 bridgehead atoms. The lowest BCUT2D eigenvalue weighted by atomic mass is 9.96. The first-order valence-corrected chi connectivity index (χ1v) is 13.7. The number of imidazole rings is 1. The highest BCUT2D eigenvalue weighted by Crippen LogP contribution is 2.29. The number of piperazine rings is 1. The predicted octanol–water partition coefficient (Wildman–Crippen LogP) is 5.30. The number of benzene rings is 2. The number of amides is 1. The van der Waals surface area contributed by atoms with Crippen molar-refractivity contribution < 1.29 is 4.79 Å². The van der Waals surface area contributed by atoms with Gasteiger partial charge in [-0.2, -0.15) is 0 Å². The number of para-hydroxylation sites is 3. The average Bonchev–Trinajstić information content (AvgIpc) is 3.26. The van der Waals surface area contributed by atoms with Gasteiger partial charge in [0.05, 0.1) is 23.5 Å². The minimum atomic E-state index is 0.0881. The number of carbonyl (C=O) groups excluding carboxylic acids is 1. The Hall–Kier alpha value is -2.86. The van der Waals surface area contributed by atoms with Crippen LogP contribution in [0.5, 0.6) is 0 Å². The van der Waals surface area contributed by atoms with Crippen molar-refractivity contribution in [3.05, 3.63) is 59.9 Å². The van der Waals surface area contributed by atoms with Crippen molar-refractivity contribution in [1.82, 2.24) is 19.4 Å². The van der Waals surface area contributed by atoms with Gasteiger partial charge in [-0.15, -0.1) is 0 Å². The van der Waals surface area contributed by atoms with E-state index in [9.17, 15) is 4.79 Å². The number of hydrogen-bond acceptors (Lipinski definition) is 4. The van der Waals surface area contributed by atoms with Gasteiger partial charge in [0, 0.05) is 44.5 Å². The number of piperidine rings is 1. The maximum atomic E-state index is 13.5. The molecular weight excluding hydrogens is 446 g/mol. The van der Waals surface area contributed by atoms with Crippen LogP contribution in [0.25, 0.3) is 11.0 Å². The van der Waals surface area contributed by atoms with Crippen LogP contribution in [-0.4, -0.2) is 64.5 Å². The minimum absolute atomic E-state index is 0.0881. The Labute approximate surface area is 215 Å². The van der Waals surface area contributed by atoms with Crippen LogP contribution in [0.1, 0.15) is 63.9 Å². The van der Waals surface area contributed by atoms with E-state index >= 15 is 0 Å². The Morgan fingerprint density at radius 2 is 1.67 bits per heavy atom. The second kappa shape index (κ2) is 10.6. The second-order valence-corrected chi connectivity index (χ2v) is 11.1. The van der Waals surface area contributed by atoms with Crippen molar-refractivity contribution in [2.45, 2.75) is 59.0 Å². The fraction of sp³-hybridized carbons (Fsp3) is 0.533. The maximum Gasteiger partial charge on any atom is 0.227 e. The third-order valence-electron chi connectivity index (χ3n) is 7.90. The van der Waals surface area contributed by atoms with Gasteiger partial charge < -0.3 is 14.4 Å². The highest BCUT2D eigenvalue weighted by molar-refractivity contribution is 5.79. The molecule has 3 aromatic rings. The fourth-order valence-electron chi connectivity index (χ4n) is 6.07. The van der Waals surface area contributed by atoms with Crippen LogP contribution >= 0.6 is 0 Å². The van der Waals surface area contributed by atoms with Gasteiger partial charge in [-0.05, 0) is 62.9 Å². The highest BCUT2D eigenvalue weighted by Gasteiger charge is 2.32. The quantitative estimate of drug-likeness (QED) is 0.473. The summed E-state index contributed by atoms with van der Waals surface area (Å²) in [5.41, 5.74) is 4.98. The molecule has 6 nitrogen and oxygen atoms in total. The summed E-state index contributed by atoms with van der Waals surface area (Å²) in [6.45, 7) is 15.0. The molecule has 3 heterocycles. The van der Waals surface area contributed by atoms with Gasteiger partial charge in [0.1, 0.15) is 5.82 Å². The van der Waals surface area contributed by atoms with E-state index in [1.807, 2.05) is 0 Å². The van der Waals surface area contributed by atoms with Crippen molar-refractivity contribution in [2.75, 3.05) is 44.2 Å². The molecule has 0 radical (unpaired) electrons. The molecular formula is C30H41N5O. The first kappa shape index (κ1) is 24.8. The second-order valence-electron chi connectivity index (χ2n) is 11.1. The summed E-state index contributed by atoms with van der Waals surface area (Å²) < 4.78 is 2.36. The van der Waals surface area contributed by atoms with Crippen LogP contribution < -0.4 is 4.90 Å². The van der Waals surface area contributed by atoms with Gasteiger partial charge in [-0.1, -0.05) is 44.2 Å². The van der Waals surface area contributed by atoms with Crippen molar-refractivity contribution in [3.8, 4) is 0 Å². The molecule has 2 aliphatic rings. The van der Waals surface area contributed by atoms with Crippen molar-refractivity contribution in [2.24, 2.45) is 5.92 Å². The lowest BCUT2D eigenvalue weighted by Crippen LogP contribution is -2.52. The van der Waals surface area contributed by atoms with Gasteiger partial charge in [0.25, 0.3) is 0 Å². The number of aromatic nitrogens is 2. The van der Waals surface area contributed by atoms with Crippen molar-refractivity contribution in [1.29, 1.82) is 0 Å². The van der Waals surface area contributed by atoms with Crippen molar-refractivity contribution in [3.63, 3.8) is 0 Å². The van der Waals surface area contributed by atoms with E-state index in [2.05, 4.69) is 95.5 Å². The lowest BCUT2D eigenvalue weighted by Gasteiger charge is -2.40. The molecule has 0 aliphatic carbocycles. The molecule has 5 rings (SSSR count). The number of carbonyl (C=O) groups is 1. The minimum Gasteiger partial charge on any atom is -0.368 e. The third kappa shape index (κ3) is 5.01. The van der Waals surface area contributed by atoms with Gasteiger partial charge >= 0.3 is 0 Å². The average molecular weight is 488 g/mol. The van der Waals surface area contributed by atoms with Crippen LogP contribution in [0.15, 0.2) is 48.5 Å². The molecule has 2 fully saturated rings. The summed E-state index contributed by atoms with van der Waals surface area (Å²) in [6.07, 6.45) is 2.06. The van der Waals surface area contributed by atoms with E-state index in [0.717, 1.165) is 70.0 Å². The van der Waals surface area contributed by atoms with Crippen LogP contribution in [0, 0.1) is 5.92 Å². The maximum absolute atomic E-state index is 13.5. The summed E-state index contributed by atoms with van der Waals surface area (Å²) in [4.78, 5) is 25.5. The monoisotopic (exact) mass is 487 g/mol. The standard InChI is InChI=1S/C30H41N5O/c1-22(2)25-11-5-7-13-27(25)33-16-18-34(19-17-33)30(36)24-10-9-15-32(20-24)21-29-31-26-12-6-8-14-28(26)35(29)23(3)4/h5-8,11-14,22-24H,9-10,15-21H2,1-4H3/t24-/m0/s1. The van der Waals surface area contributed by atoms with Crippen molar-refractivity contribution >= 4 is 22.6 Å². The number of hydrogen-bond donors (Lipinski definition) is 0. The zero-order valence-corrected chi connectivity index (χ0v) is 22.4. The number of likely N-dealkylation sites (tertiary alicyclic amines) is 1. The first-order valence-electron chi connectivity index (χ1n) is 13.7. The Morgan fingerprint density at radius 1 is 0.944 bits per heavy atom. The van der Waals surface area contributed by atoms with Gasteiger partial charge in [-0.3, -0.25) is 9.69 Å². The Bertz CT molecular complexity index is 1190. The molecule has 6 heteroatoms. The van der Waals surface area contributed by atoms with E-state index in [0.29, 0.717) is 17.9 Å². The molecule has 0 N–H and O–H groups in total. The van der Waals surface area contributed by atoms with E-state index in [1.165, 1.54) is 16.8 Å². The molecule has 2 aliphatic heterocycles. The molecule has 1 amide bonds. The van der Waals surface area contributed by atoms with E-state index in [1.54, 1.807) is 0 Å². The van der Waals surface area contributed by atoms with Crippen LogP contribution in [0.3, 0.4) is 0 Å². The first-order chi connectivity index (χ1) is 17.4.